The van der Waals surface area contributed by atoms with Crippen LogP contribution in [-0.4, -0.2) is 32.1 Å². The molecule has 158 valence electrons. The van der Waals surface area contributed by atoms with Crippen molar-refractivity contribution < 1.29 is 14.0 Å². The maximum atomic E-state index is 13.1. The van der Waals surface area contributed by atoms with Gasteiger partial charge in [-0.2, -0.15) is 5.10 Å². The van der Waals surface area contributed by atoms with E-state index in [1.807, 2.05) is 35.0 Å². The number of nitrogens with one attached hydrogen (secondary N) is 1. The number of hydrogen-bond donors (Lipinski definition) is 1. The molecule has 7 nitrogen and oxygen atoms in total. The Morgan fingerprint density at radius 2 is 1.81 bits per heavy atom. The summed E-state index contributed by atoms with van der Waals surface area (Å²) in [6.45, 7) is 1.21. The first kappa shape index (κ1) is 20.5. The number of benzene rings is 2. The van der Waals surface area contributed by atoms with Crippen molar-refractivity contribution in [2.75, 3.05) is 0 Å². The number of hydrogen-bond acceptors (Lipinski definition) is 4. The third-order valence-corrected chi connectivity index (χ3v) is 5.08. The lowest BCUT2D eigenvalue weighted by Crippen LogP contribution is -2.38. The first-order valence-corrected chi connectivity index (χ1v) is 10.0. The van der Waals surface area contributed by atoms with Crippen LogP contribution in [-0.2, 0) is 29.2 Å². The summed E-state index contributed by atoms with van der Waals surface area (Å²) in [5, 5.41) is 8.45. The van der Waals surface area contributed by atoms with Crippen LogP contribution in [0.3, 0.4) is 0 Å². The quantitative estimate of drug-likeness (QED) is 0.640. The number of nitrogens with zero attached hydrogens (tertiary/aromatic N) is 4. The predicted molar refractivity (Wildman–Crippen MR) is 113 cm³/mol. The SMILES string of the molecule is O=C(NCc1ccccc1Cn1ccnc1)C1=NN(Cc2ccc(F)cc2)C(=O)CC1. The third-order valence-electron chi connectivity index (χ3n) is 5.08. The molecule has 0 aliphatic carbocycles. The fourth-order valence-electron chi connectivity index (χ4n) is 3.39. The van der Waals surface area contributed by atoms with Crippen molar-refractivity contribution in [1.82, 2.24) is 19.9 Å². The molecular formula is C23H22FN5O2. The van der Waals surface area contributed by atoms with Crippen LogP contribution in [0.25, 0.3) is 0 Å². The van der Waals surface area contributed by atoms with Gasteiger partial charge in [-0.15, -0.1) is 0 Å². The molecule has 0 spiro atoms. The highest BCUT2D eigenvalue weighted by molar-refractivity contribution is 6.39. The van der Waals surface area contributed by atoms with E-state index in [1.165, 1.54) is 17.1 Å². The van der Waals surface area contributed by atoms with Gasteiger partial charge < -0.3 is 9.88 Å². The van der Waals surface area contributed by atoms with Gasteiger partial charge in [0.05, 0.1) is 12.9 Å². The van der Waals surface area contributed by atoms with Gasteiger partial charge in [-0.25, -0.2) is 14.4 Å². The lowest BCUT2D eigenvalue weighted by atomic mass is 10.1. The zero-order valence-corrected chi connectivity index (χ0v) is 16.9. The third kappa shape index (κ3) is 5.22. The second-order valence-corrected chi connectivity index (χ2v) is 7.31. The highest BCUT2D eigenvalue weighted by atomic mass is 19.1. The molecule has 3 aromatic rings. The number of halogens is 1. The Balaban J connectivity index is 1.41. The maximum absolute atomic E-state index is 13.1. The molecule has 0 fully saturated rings. The molecule has 4 rings (SSSR count). The van der Waals surface area contributed by atoms with Gasteiger partial charge in [-0.1, -0.05) is 36.4 Å². The Morgan fingerprint density at radius 3 is 2.55 bits per heavy atom. The number of rotatable bonds is 7. The number of amides is 2. The summed E-state index contributed by atoms with van der Waals surface area (Å²) < 4.78 is 15.1. The normalized spacial score (nSPS) is 13.8. The van der Waals surface area contributed by atoms with Crippen LogP contribution in [0.15, 0.2) is 72.4 Å². The minimum Gasteiger partial charge on any atom is -0.347 e. The van der Waals surface area contributed by atoms with Crippen LogP contribution in [0.2, 0.25) is 0 Å². The van der Waals surface area contributed by atoms with Gasteiger partial charge in [-0.05, 0) is 28.8 Å². The van der Waals surface area contributed by atoms with Gasteiger partial charge in [0.15, 0.2) is 0 Å². The Kier molecular flexibility index (Phi) is 6.16. The molecule has 0 atom stereocenters. The van der Waals surface area contributed by atoms with Gasteiger partial charge in [0.2, 0.25) is 5.91 Å². The first-order chi connectivity index (χ1) is 15.1. The Morgan fingerprint density at radius 1 is 1.03 bits per heavy atom. The van der Waals surface area contributed by atoms with Crippen molar-refractivity contribution in [2.45, 2.75) is 32.5 Å². The molecule has 2 heterocycles. The topological polar surface area (TPSA) is 79.6 Å². The summed E-state index contributed by atoms with van der Waals surface area (Å²) in [6.07, 6.45) is 5.87. The van der Waals surface area contributed by atoms with Gasteiger partial charge in [0.1, 0.15) is 11.5 Å². The van der Waals surface area contributed by atoms with E-state index in [9.17, 15) is 14.0 Å². The zero-order valence-electron chi connectivity index (χ0n) is 16.9. The smallest absolute Gasteiger partial charge is 0.267 e. The lowest BCUT2D eigenvalue weighted by molar-refractivity contribution is -0.132. The van der Waals surface area contributed by atoms with Crippen molar-refractivity contribution in [3.8, 4) is 0 Å². The molecule has 1 N–H and O–H groups in total. The Labute approximate surface area is 179 Å². The summed E-state index contributed by atoms with van der Waals surface area (Å²) in [4.78, 5) is 29.0. The minimum atomic E-state index is -0.342. The molecule has 8 heteroatoms. The van der Waals surface area contributed by atoms with Crippen LogP contribution in [0, 0.1) is 5.82 Å². The number of imidazole rings is 1. The molecule has 31 heavy (non-hydrogen) atoms. The standard InChI is InChI=1S/C23H22FN5O2/c24-20-7-5-17(6-8-20)14-29-22(30)10-9-21(27-29)23(31)26-13-18-3-1-2-4-19(18)15-28-12-11-25-16-28/h1-8,11-12,16H,9-10,13-15H2,(H,26,31). The van der Waals surface area contributed by atoms with Gasteiger partial charge in [-0.3, -0.25) is 9.59 Å². The molecule has 0 radical (unpaired) electrons. The molecule has 1 aromatic heterocycles. The fourth-order valence-corrected chi connectivity index (χ4v) is 3.39. The maximum Gasteiger partial charge on any atom is 0.267 e. The van der Waals surface area contributed by atoms with E-state index in [-0.39, 0.29) is 30.6 Å². The van der Waals surface area contributed by atoms with Crippen molar-refractivity contribution >= 4 is 17.5 Å². The number of aromatic nitrogens is 2. The van der Waals surface area contributed by atoms with Gasteiger partial charge in [0.25, 0.3) is 5.91 Å². The van der Waals surface area contributed by atoms with E-state index in [1.54, 1.807) is 24.7 Å². The summed E-state index contributed by atoms with van der Waals surface area (Å²) in [6, 6.07) is 13.8. The van der Waals surface area contributed by atoms with Crippen LogP contribution >= 0.6 is 0 Å². The number of carbonyl (C=O) groups is 2. The van der Waals surface area contributed by atoms with E-state index in [2.05, 4.69) is 15.4 Å². The molecular weight excluding hydrogens is 397 g/mol. The van der Waals surface area contributed by atoms with Crippen LogP contribution in [0.5, 0.6) is 0 Å². The summed E-state index contributed by atoms with van der Waals surface area (Å²) in [5.74, 6) is -0.800. The highest BCUT2D eigenvalue weighted by Gasteiger charge is 2.24. The van der Waals surface area contributed by atoms with Crippen LogP contribution < -0.4 is 5.32 Å². The zero-order chi connectivity index (χ0) is 21.6. The molecule has 1 aliphatic rings. The number of carbonyl (C=O) groups excluding carboxylic acids is 2. The summed E-state index contributed by atoms with van der Waals surface area (Å²) >= 11 is 0. The van der Waals surface area contributed by atoms with Crippen molar-refractivity contribution in [3.63, 3.8) is 0 Å². The van der Waals surface area contributed by atoms with Crippen molar-refractivity contribution in [1.29, 1.82) is 0 Å². The summed E-state index contributed by atoms with van der Waals surface area (Å²) in [7, 11) is 0. The fraction of sp³-hybridized carbons (Fsp3) is 0.217. The van der Waals surface area contributed by atoms with E-state index >= 15 is 0 Å². The van der Waals surface area contributed by atoms with E-state index in [0.29, 0.717) is 25.2 Å². The lowest BCUT2D eigenvalue weighted by Gasteiger charge is -2.23. The Hall–Kier alpha value is -3.81. The largest absolute Gasteiger partial charge is 0.347 e. The van der Waals surface area contributed by atoms with Crippen molar-refractivity contribution in [2.24, 2.45) is 5.10 Å². The predicted octanol–water partition coefficient (Wildman–Crippen LogP) is 2.87. The first-order valence-electron chi connectivity index (χ1n) is 10.0. The monoisotopic (exact) mass is 419 g/mol. The molecule has 2 amide bonds. The van der Waals surface area contributed by atoms with E-state index < -0.39 is 0 Å². The van der Waals surface area contributed by atoms with Gasteiger partial charge >= 0.3 is 0 Å². The molecule has 0 bridgehead atoms. The van der Waals surface area contributed by atoms with Crippen molar-refractivity contribution in [3.05, 3.63) is 89.8 Å². The molecule has 0 saturated heterocycles. The average molecular weight is 419 g/mol. The van der Waals surface area contributed by atoms with Crippen LogP contribution in [0.4, 0.5) is 4.39 Å². The molecule has 1 aliphatic heterocycles. The molecule has 0 unspecified atom stereocenters. The minimum absolute atomic E-state index is 0.161. The van der Waals surface area contributed by atoms with E-state index in [4.69, 9.17) is 0 Å². The second kappa shape index (κ2) is 9.34. The second-order valence-electron chi connectivity index (χ2n) is 7.31. The number of hydrazone groups is 1. The van der Waals surface area contributed by atoms with Crippen LogP contribution in [0.1, 0.15) is 29.5 Å². The summed E-state index contributed by atoms with van der Waals surface area (Å²) in [5.41, 5.74) is 3.14. The van der Waals surface area contributed by atoms with Gasteiger partial charge in [0, 0.05) is 38.3 Å². The van der Waals surface area contributed by atoms with E-state index in [0.717, 1.165) is 16.7 Å². The molecule has 0 saturated carbocycles. The molecule has 2 aromatic carbocycles. The Bertz CT molecular complexity index is 1090. The highest BCUT2D eigenvalue weighted by Crippen LogP contribution is 2.15. The average Bonchev–Trinajstić information content (AvgIpc) is 3.29.